The van der Waals surface area contributed by atoms with Gasteiger partial charge in [0.05, 0.1) is 22.3 Å². The average Bonchev–Trinajstić information content (AvgIpc) is 2.62. The van der Waals surface area contributed by atoms with Crippen molar-refractivity contribution >= 4 is 40.7 Å². The van der Waals surface area contributed by atoms with E-state index in [1.54, 1.807) is 43.3 Å². The molecule has 0 bridgehead atoms. The van der Waals surface area contributed by atoms with Crippen molar-refractivity contribution < 1.29 is 14.0 Å². The summed E-state index contributed by atoms with van der Waals surface area (Å²) in [6, 6.07) is 11.2. The molecule has 0 aromatic heterocycles. The van der Waals surface area contributed by atoms with Crippen LogP contribution in [-0.2, 0) is 16.0 Å². The van der Waals surface area contributed by atoms with Gasteiger partial charge in [0, 0.05) is 13.0 Å². The molecule has 0 fully saturated rings. The third-order valence-corrected chi connectivity index (χ3v) is 4.49. The molecular formula is C19H19Cl2FN2O2. The second-order valence-electron chi connectivity index (χ2n) is 5.64. The topological polar surface area (TPSA) is 49.4 Å². The molecular weight excluding hydrogens is 378 g/mol. The van der Waals surface area contributed by atoms with Crippen molar-refractivity contribution in [2.45, 2.75) is 19.8 Å². The van der Waals surface area contributed by atoms with Crippen molar-refractivity contribution in [3.8, 4) is 0 Å². The molecule has 0 radical (unpaired) electrons. The lowest BCUT2D eigenvalue weighted by Gasteiger charge is -2.21. The molecule has 138 valence electrons. The maximum absolute atomic E-state index is 13.6. The van der Waals surface area contributed by atoms with E-state index in [9.17, 15) is 14.0 Å². The van der Waals surface area contributed by atoms with E-state index in [2.05, 4.69) is 5.32 Å². The standard InChI is InChI=1S/C19H19Cl2FN2O2/c1-2-24(18(26)11-10-13-6-3-4-9-16(13)22)12-17(25)23-19-14(20)7-5-8-15(19)21/h3-9H,2,10-12H2,1H3,(H,23,25). The highest BCUT2D eigenvalue weighted by Gasteiger charge is 2.17. The van der Waals surface area contributed by atoms with Crippen LogP contribution in [0.3, 0.4) is 0 Å². The molecule has 0 spiro atoms. The molecule has 4 nitrogen and oxygen atoms in total. The second-order valence-corrected chi connectivity index (χ2v) is 6.46. The minimum atomic E-state index is -0.402. The average molecular weight is 397 g/mol. The fraction of sp³-hybridized carbons (Fsp3) is 0.263. The number of hydrogen-bond donors (Lipinski definition) is 1. The highest BCUT2D eigenvalue weighted by atomic mass is 35.5. The van der Waals surface area contributed by atoms with E-state index in [1.807, 2.05) is 0 Å². The van der Waals surface area contributed by atoms with Crippen LogP contribution in [0.15, 0.2) is 42.5 Å². The van der Waals surface area contributed by atoms with Crippen LogP contribution in [0, 0.1) is 5.82 Å². The predicted molar refractivity (Wildman–Crippen MR) is 102 cm³/mol. The van der Waals surface area contributed by atoms with Crippen molar-refractivity contribution in [2.75, 3.05) is 18.4 Å². The van der Waals surface area contributed by atoms with E-state index in [4.69, 9.17) is 23.2 Å². The Labute approximate surface area is 161 Å². The molecule has 26 heavy (non-hydrogen) atoms. The van der Waals surface area contributed by atoms with Gasteiger partial charge in [-0.3, -0.25) is 9.59 Å². The van der Waals surface area contributed by atoms with Crippen molar-refractivity contribution in [1.29, 1.82) is 0 Å². The van der Waals surface area contributed by atoms with Crippen LogP contribution in [0.1, 0.15) is 18.9 Å². The van der Waals surface area contributed by atoms with Gasteiger partial charge in [0.2, 0.25) is 11.8 Å². The van der Waals surface area contributed by atoms with Crippen LogP contribution in [0.25, 0.3) is 0 Å². The molecule has 0 saturated carbocycles. The first-order valence-corrected chi connectivity index (χ1v) is 8.93. The predicted octanol–water partition coefficient (Wildman–Crippen LogP) is 4.55. The fourth-order valence-electron chi connectivity index (χ4n) is 2.45. The quantitative estimate of drug-likeness (QED) is 0.745. The van der Waals surface area contributed by atoms with Crippen LogP contribution in [0.2, 0.25) is 10.0 Å². The molecule has 2 amide bonds. The number of likely N-dealkylation sites (N-methyl/N-ethyl adjacent to an activating group) is 1. The molecule has 0 aliphatic heterocycles. The number of halogens is 3. The Bertz CT molecular complexity index is 779. The minimum Gasteiger partial charge on any atom is -0.334 e. The molecule has 0 heterocycles. The minimum absolute atomic E-state index is 0.120. The highest BCUT2D eigenvalue weighted by Crippen LogP contribution is 2.29. The molecule has 0 aliphatic rings. The number of anilines is 1. The van der Waals surface area contributed by atoms with Gasteiger partial charge in [0.15, 0.2) is 0 Å². The molecule has 7 heteroatoms. The maximum Gasteiger partial charge on any atom is 0.244 e. The van der Waals surface area contributed by atoms with E-state index in [1.165, 1.54) is 11.0 Å². The van der Waals surface area contributed by atoms with Gasteiger partial charge in [-0.15, -0.1) is 0 Å². The lowest BCUT2D eigenvalue weighted by atomic mass is 10.1. The Hall–Kier alpha value is -2.11. The van der Waals surface area contributed by atoms with Crippen molar-refractivity contribution in [2.24, 2.45) is 0 Å². The molecule has 0 unspecified atom stereocenters. The first-order chi connectivity index (χ1) is 12.4. The maximum atomic E-state index is 13.6. The summed E-state index contributed by atoms with van der Waals surface area (Å²) in [5, 5.41) is 3.26. The lowest BCUT2D eigenvalue weighted by Crippen LogP contribution is -2.38. The number of rotatable bonds is 7. The summed E-state index contributed by atoms with van der Waals surface area (Å²) in [7, 11) is 0. The van der Waals surface area contributed by atoms with Gasteiger partial charge >= 0.3 is 0 Å². The highest BCUT2D eigenvalue weighted by molar-refractivity contribution is 6.39. The number of benzene rings is 2. The summed E-state index contributed by atoms with van der Waals surface area (Å²) in [6.45, 7) is 2.00. The van der Waals surface area contributed by atoms with Crippen LogP contribution in [-0.4, -0.2) is 29.8 Å². The zero-order valence-electron chi connectivity index (χ0n) is 14.3. The van der Waals surface area contributed by atoms with Crippen LogP contribution >= 0.6 is 23.2 Å². The summed E-state index contributed by atoms with van der Waals surface area (Å²) in [6.07, 6.45) is 0.398. The summed E-state index contributed by atoms with van der Waals surface area (Å²) in [5.74, 6) is -0.966. The number of carbonyl (C=O) groups is 2. The van der Waals surface area contributed by atoms with E-state index < -0.39 is 5.91 Å². The zero-order chi connectivity index (χ0) is 19.1. The Morgan fingerprint density at radius 2 is 1.73 bits per heavy atom. The van der Waals surface area contributed by atoms with Gasteiger partial charge in [-0.2, -0.15) is 0 Å². The van der Waals surface area contributed by atoms with Crippen LogP contribution in [0.4, 0.5) is 10.1 Å². The summed E-state index contributed by atoms with van der Waals surface area (Å²) < 4.78 is 13.6. The Balaban J connectivity index is 1.94. The largest absolute Gasteiger partial charge is 0.334 e. The van der Waals surface area contributed by atoms with Crippen molar-refractivity contribution in [1.82, 2.24) is 4.90 Å². The van der Waals surface area contributed by atoms with E-state index >= 15 is 0 Å². The summed E-state index contributed by atoms with van der Waals surface area (Å²) >= 11 is 12.0. The van der Waals surface area contributed by atoms with Crippen LogP contribution < -0.4 is 5.32 Å². The summed E-state index contributed by atoms with van der Waals surface area (Å²) in [4.78, 5) is 26.0. The third-order valence-electron chi connectivity index (χ3n) is 3.86. The van der Waals surface area contributed by atoms with E-state index in [0.29, 0.717) is 27.8 Å². The van der Waals surface area contributed by atoms with Crippen molar-refractivity contribution in [3.63, 3.8) is 0 Å². The van der Waals surface area contributed by atoms with Crippen LogP contribution in [0.5, 0.6) is 0 Å². The Morgan fingerprint density at radius 3 is 2.35 bits per heavy atom. The van der Waals surface area contributed by atoms with Gasteiger partial charge in [0.1, 0.15) is 5.82 Å². The molecule has 2 rings (SSSR count). The zero-order valence-corrected chi connectivity index (χ0v) is 15.8. The SMILES string of the molecule is CCN(CC(=O)Nc1c(Cl)cccc1Cl)C(=O)CCc1ccccc1F. The van der Waals surface area contributed by atoms with Gasteiger partial charge in [-0.25, -0.2) is 4.39 Å². The summed E-state index contributed by atoms with van der Waals surface area (Å²) in [5.41, 5.74) is 0.792. The number of amides is 2. The number of nitrogens with zero attached hydrogens (tertiary/aromatic N) is 1. The van der Waals surface area contributed by atoms with Gasteiger partial charge < -0.3 is 10.2 Å². The van der Waals surface area contributed by atoms with Gasteiger partial charge in [0.25, 0.3) is 0 Å². The normalized spacial score (nSPS) is 10.5. The molecule has 0 saturated heterocycles. The van der Waals surface area contributed by atoms with Crippen molar-refractivity contribution in [3.05, 3.63) is 63.9 Å². The fourth-order valence-corrected chi connectivity index (χ4v) is 2.94. The number of aryl methyl sites for hydroxylation is 1. The molecule has 1 N–H and O–H groups in total. The number of para-hydroxylation sites is 1. The van der Waals surface area contributed by atoms with Gasteiger partial charge in [-0.05, 0) is 37.1 Å². The first-order valence-electron chi connectivity index (χ1n) is 8.17. The molecule has 2 aromatic carbocycles. The second kappa shape index (κ2) is 9.55. The van der Waals surface area contributed by atoms with Gasteiger partial charge in [-0.1, -0.05) is 47.5 Å². The van der Waals surface area contributed by atoms with E-state index in [0.717, 1.165) is 0 Å². The smallest absolute Gasteiger partial charge is 0.244 e. The number of carbonyl (C=O) groups excluding carboxylic acids is 2. The van der Waals surface area contributed by atoms with E-state index in [-0.39, 0.29) is 31.1 Å². The molecule has 0 aliphatic carbocycles. The number of nitrogens with one attached hydrogen (secondary N) is 1. The first kappa shape index (κ1) is 20.2. The number of hydrogen-bond acceptors (Lipinski definition) is 2. The molecule has 2 aromatic rings. The Morgan fingerprint density at radius 1 is 1.08 bits per heavy atom. The molecule has 0 atom stereocenters. The third kappa shape index (κ3) is 5.44. The monoisotopic (exact) mass is 396 g/mol. The Kier molecular flexibility index (Phi) is 7.42. The lowest BCUT2D eigenvalue weighted by molar-refractivity contribution is -0.134.